The Morgan fingerprint density at radius 2 is 1.10 bits per heavy atom. The van der Waals surface area contributed by atoms with Crippen LogP contribution in [0, 0.1) is 0 Å². The van der Waals surface area contributed by atoms with Crippen LogP contribution >= 0.6 is 0 Å². The van der Waals surface area contributed by atoms with Crippen molar-refractivity contribution >= 4 is 34.9 Å². The summed E-state index contributed by atoms with van der Waals surface area (Å²) in [5.74, 6) is 0. The smallest absolute Gasteiger partial charge is 0.0735 e. The van der Waals surface area contributed by atoms with Crippen LogP contribution in [-0.2, 0) is 5.41 Å². The molecule has 0 nitrogen and oxygen atoms in total. The van der Waals surface area contributed by atoms with E-state index in [1.807, 2.05) is 0 Å². The molecule has 0 aromatic heterocycles. The van der Waals surface area contributed by atoms with Crippen LogP contribution in [-0.4, -0.2) is 7.85 Å². The molecule has 0 unspecified atom stereocenters. The van der Waals surface area contributed by atoms with E-state index >= 15 is 0 Å². The van der Waals surface area contributed by atoms with Crippen molar-refractivity contribution in [1.82, 2.24) is 0 Å². The molecule has 1 heteroatoms. The Hall–Kier alpha value is -3.32. The topological polar surface area (TPSA) is 0 Å². The summed E-state index contributed by atoms with van der Waals surface area (Å²) in [7, 11) is 2.25. The standard InChI is InChI=1S/C29H23B/c1-29(2)25-14-8-7-9-19(25)20-16-15-18(17-26(20)29)27-21-10-3-5-12-23(21)28(30)24-13-6-4-11-22(24)27/h3-17H,30H2,1-2H3. The average molecular weight is 382 g/mol. The average Bonchev–Trinajstić information content (AvgIpc) is 3.01. The third-order valence-corrected chi connectivity index (χ3v) is 7.07. The summed E-state index contributed by atoms with van der Waals surface area (Å²) < 4.78 is 0. The van der Waals surface area contributed by atoms with E-state index in [0.717, 1.165) is 0 Å². The highest BCUT2D eigenvalue weighted by molar-refractivity contribution is 6.46. The van der Waals surface area contributed by atoms with Gasteiger partial charge in [-0.15, -0.1) is 0 Å². The molecule has 0 saturated heterocycles. The van der Waals surface area contributed by atoms with Crippen molar-refractivity contribution in [3.63, 3.8) is 0 Å². The highest BCUT2D eigenvalue weighted by atomic mass is 14.4. The molecule has 0 heterocycles. The lowest BCUT2D eigenvalue weighted by molar-refractivity contribution is 0.660. The molecule has 0 bridgehead atoms. The van der Waals surface area contributed by atoms with Crippen molar-refractivity contribution < 1.29 is 0 Å². The van der Waals surface area contributed by atoms with Crippen LogP contribution in [0.2, 0.25) is 0 Å². The van der Waals surface area contributed by atoms with E-state index in [1.54, 1.807) is 0 Å². The number of benzene rings is 5. The molecule has 0 saturated carbocycles. The van der Waals surface area contributed by atoms with E-state index in [1.165, 1.54) is 60.4 Å². The highest BCUT2D eigenvalue weighted by Gasteiger charge is 2.35. The molecular weight excluding hydrogens is 359 g/mol. The highest BCUT2D eigenvalue weighted by Crippen LogP contribution is 2.50. The van der Waals surface area contributed by atoms with Crippen molar-refractivity contribution in [2.75, 3.05) is 0 Å². The van der Waals surface area contributed by atoms with Crippen LogP contribution in [0.4, 0.5) is 0 Å². The number of hydrogen-bond donors (Lipinski definition) is 0. The minimum Gasteiger partial charge on any atom is -0.0735 e. The molecule has 0 spiro atoms. The molecule has 0 fully saturated rings. The summed E-state index contributed by atoms with van der Waals surface area (Å²) in [6.45, 7) is 4.71. The zero-order valence-corrected chi connectivity index (χ0v) is 17.7. The predicted octanol–water partition coefficient (Wildman–Crippen LogP) is 6.22. The van der Waals surface area contributed by atoms with Gasteiger partial charge in [0.25, 0.3) is 0 Å². The first kappa shape index (κ1) is 17.5. The Bertz CT molecular complexity index is 1420. The second kappa shape index (κ2) is 6.09. The summed E-state index contributed by atoms with van der Waals surface area (Å²) in [6.07, 6.45) is 0. The van der Waals surface area contributed by atoms with E-state index in [2.05, 4.69) is 113 Å². The Balaban J connectivity index is 1.71. The van der Waals surface area contributed by atoms with Crippen molar-refractivity contribution in [3.8, 4) is 22.3 Å². The largest absolute Gasteiger partial charge is 0.140 e. The van der Waals surface area contributed by atoms with Crippen LogP contribution in [0.25, 0.3) is 43.8 Å². The Morgan fingerprint density at radius 3 is 1.77 bits per heavy atom. The summed E-state index contributed by atoms with van der Waals surface area (Å²) in [4.78, 5) is 0. The maximum Gasteiger partial charge on any atom is 0.140 e. The van der Waals surface area contributed by atoms with Crippen molar-refractivity contribution in [2.45, 2.75) is 19.3 Å². The molecule has 5 aromatic rings. The third kappa shape index (κ3) is 2.24. The van der Waals surface area contributed by atoms with Crippen molar-refractivity contribution in [2.24, 2.45) is 0 Å². The van der Waals surface area contributed by atoms with Gasteiger partial charge in [0.05, 0.1) is 0 Å². The van der Waals surface area contributed by atoms with E-state index in [0.29, 0.717) is 0 Å². The molecule has 0 aliphatic heterocycles. The molecule has 0 radical (unpaired) electrons. The first-order chi connectivity index (χ1) is 14.6. The number of fused-ring (bicyclic) bond motifs is 5. The van der Waals surface area contributed by atoms with Crippen LogP contribution in [0.15, 0.2) is 91.0 Å². The van der Waals surface area contributed by atoms with E-state index in [-0.39, 0.29) is 5.41 Å². The first-order valence-electron chi connectivity index (χ1n) is 10.7. The summed E-state index contributed by atoms with van der Waals surface area (Å²) in [5, 5.41) is 5.35. The lowest BCUT2D eigenvalue weighted by atomic mass is 9.79. The molecule has 1 aliphatic carbocycles. The minimum absolute atomic E-state index is 0.0121. The molecule has 142 valence electrons. The van der Waals surface area contributed by atoms with Gasteiger partial charge in [0, 0.05) is 5.41 Å². The molecule has 0 N–H and O–H groups in total. The molecule has 0 atom stereocenters. The monoisotopic (exact) mass is 382 g/mol. The Labute approximate surface area is 178 Å². The van der Waals surface area contributed by atoms with E-state index in [9.17, 15) is 0 Å². The molecule has 5 aromatic carbocycles. The SMILES string of the molecule is Bc1c2ccccc2c(-c2ccc3c(c2)C(C)(C)c2ccccc2-3)c2ccccc12. The first-order valence-corrected chi connectivity index (χ1v) is 10.7. The molecule has 30 heavy (non-hydrogen) atoms. The van der Waals surface area contributed by atoms with E-state index in [4.69, 9.17) is 0 Å². The summed E-state index contributed by atoms with van der Waals surface area (Å²) in [5.41, 5.74) is 9.63. The van der Waals surface area contributed by atoms with Gasteiger partial charge in [-0.2, -0.15) is 0 Å². The van der Waals surface area contributed by atoms with Gasteiger partial charge in [0.1, 0.15) is 7.85 Å². The van der Waals surface area contributed by atoms with Gasteiger partial charge in [-0.05, 0) is 61.0 Å². The lowest BCUT2D eigenvalue weighted by Gasteiger charge is -2.22. The molecule has 0 amide bonds. The fraction of sp³-hybridized carbons (Fsp3) is 0.103. The summed E-state index contributed by atoms with van der Waals surface area (Å²) in [6, 6.07) is 33.6. The van der Waals surface area contributed by atoms with Crippen LogP contribution in [0.1, 0.15) is 25.0 Å². The van der Waals surface area contributed by atoms with Crippen molar-refractivity contribution in [3.05, 3.63) is 102 Å². The van der Waals surface area contributed by atoms with Gasteiger partial charge in [-0.1, -0.05) is 104 Å². The summed E-state index contributed by atoms with van der Waals surface area (Å²) >= 11 is 0. The van der Waals surface area contributed by atoms with E-state index < -0.39 is 0 Å². The Kier molecular flexibility index (Phi) is 3.56. The second-order valence-electron chi connectivity index (χ2n) is 9.02. The van der Waals surface area contributed by atoms with Gasteiger partial charge in [-0.25, -0.2) is 0 Å². The fourth-order valence-corrected chi connectivity index (χ4v) is 5.52. The van der Waals surface area contributed by atoms with Gasteiger partial charge >= 0.3 is 0 Å². The second-order valence-corrected chi connectivity index (χ2v) is 9.02. The Morgan fingerprint density at radius 1 is 0.567 bits per heavy atom. The maximum absolute atomic E-state index is 2.44. The third-order valence-electron chi connectivity index (χ3n) is 7.07. The van der Waals surface area contributed by atoms with Gasteiger partial charge in [0.15, 0.2) is 0 Å². The predicted molar refractivity (Wildman–Crippen MR) is 133 cm³/mol. The van der Waals surface area contributed by atoms with Gasteiger partial charge in [-0.3, -0.25) is 0 Å². The zero-order valence-electron chi connectivity index (χ0n) is 17.7. The minimum atomic E-state index is 0.0121. The lowest BCUT2D eigenvalue weighted by Crippen LogP contribution is -2.15. The molecule has 6 rings (SSSR count). The quantitative estimate of drug-likeness (QED) is 0.238. The van der Waals surface area contributed by atoms with Crippen LogP contribution in [0.5, 0.6) is 0 Å². The van der Waals surface area contributed by atoms with Crippen LogP contribution < -0.4 is 5.46 Å². The zero-order chi connectivity index (χ0) is 20.5. The maximum atomic E-state index is 2.44. The molecular formula is C29H23B. The molecule has 1 aliphatic rings. The van der Waals surface area contributed by atoms with Crippen molar-refractivity contribution in [1.29, 1.82) is 0 Å². The fourth-order valence-electron chi connectivity index (χ4n) is 5.52. The number of rotatable bonds is 1. The normalized spacial score (nSPS) is 14.1. The van der Waals surface area contributed by atoms with Gasteiger partial charge < -0.3 is 0 Å². The number of hydrogen-bond acceptors (Lipinski definition) is 0. The van der Waals surface area contributed by atoms with Crippen LogP contribution in [0.3, 0.4) is 0 Å². The van der Waals surface area contributed by atoms with Gasteiger partial charge in [0.2, 0.25) is 0 Å².